The Bertz CT molecular complexity index is 1140. The number of aromatic nitrogens is 3. The molecule has 0 fully saturated rings. The molecular weight excluding hydrogens is 482 g/mol. The average Bonchev–Trinajstić information content (AvgIpc) is 2.96. The minimum absolute atomic E-state index is 0.00355. The molecule has 164 valence electrons. The lowest BCUT2D eigenvalue weighted by Crippen LogP contribution is -2.28. The number of rotatable bonds is 8. The van der Waals surface area contributed by atoms with Crippen LogP contribution in [0.15, 0.2) is 58.1 Å². The third kappa shape index (κ3) is 5.69. The van der Waals surface area contributed by atoms with Crippen molar-refractivity contribution in [3.8, 4) is 0 Å². The molecule has 31 heavy (non-hydrogen) atoms. The fraction of sp³-hybridized carbons (Fsp3) is 0.286. The van der Waals surface area contributed by atoms with Gasteiger partial charge in [-0.3, -0.25) is 9.36 Å². The van der Waals surface area contributed by atoms with Crippen LogP contribution in [0.3, 0.4) is 0 Å². The normalized spacial score (nSPS) is 11.6. The third-order valence-corrected chi connectivity index (χ3v) is 5.30. The highest BCUT2D eigenvalue weighted by Crippen LogP contribution is 2.32. The van der Waals surface area contributed by atoms with Crippen LogP contribution in [0.5, 0.6) is 0 Å². The summed E-state index contributed by atoms with van der Waals surface area (Å²) < 4.78 is 55.3. The Morgan fingerprint density at radius 3 is 2.35 bits per heavy atom. The van der Waals surface area contributed by atoms with Gasteiger partial charge < -0.3 is 0 Å². The van der Waals surface area contributed by atoms with Crippen molar-refractivity contribution in [2.45, 2.75) is 38.5 Å². The molecule has 0 amide bonds. The van der Waals surface area contributed by atoms with Gasteiger partial charge in [-0.05, 0) is 46.5 Å². The van der Waals surface area contributed by atoms with Crippen LogP contribution < -0.4 is 5.69 Å². The van der Waals surface area contributed by atoms with Gasteiger partial charge in [-0.2, -0.15) is 13.2 Å². The van der Waals surface area contributed by atoms with Crippen LogP contribution in [0.25, 0.3) is 0 Å². The molecule has 5 nitrogen and oxygen atoms in total. The molecule has 0 saturated carbocycles. The van der Waals surface area contributed by atoms with E-state index in [0.717, 1.165) is 10.7 Å². The summed E-state index contributed by atoms with van der Waals surface area (Å²) in [6.07, 6.45) is -4.17. The van der Waals surface area contributed by atoms with Crippen molar-refractivity contribution in [1.29, 1.82) is 0 Å². The molecule has 0 aliphatic rings. The molecule has 3 aromatic rings. The molecule has 3 rings (SSSR count). The second-order valence-electron chi connectivity index (χ2n) is 6.93. The standard InChI is InChI=1S/C21H18BrF4N3O2/c22-19-27-29(20(31)28(19)12-15-7-2-4-11-18(15)23)13-16(30)9-5-8-14-6-1-3-10-17(14)21(24,25)26/h1-4,6-7,10-11H,5,8-9,12-13H2. The first-order chi connectivity index (χ1) is 14.7. The minimum atomic E-state index is -4.45. The number of carbonyl (C=O) groups is 1. The van der Waals surface area contributed by atoms with Crippen molar-refractivity contribution >= 4 is 21.7 Å². The molecule has 10 heteroatoms. The lowest BCUT2D eigenvalue weighted by Gasteiger charge is -2.12. The number of carbonyl (C=O) groups excluding carboxylic acids is 1. The van der Waals surface area contributed by atoms with Crippen LogP contribution in [-0.4, -0.2) is 20.1 Å². The predicted octanol–water partition coefficient (Wildman–Crippen LogP) is 4.61. The number of alkyl halides is 3. The first-order valence-corrected chi connectivity index (χ1v) is 10.2. The zero-order valence-corrected chi connectivity index (χ0v) is 17.8. The molecule has 1 aromatic heterocycles. The lowest BCUT2D eigenvalue weighted by molar-refractivity contribution is -0.138. The number of benzene rings is 2. The maximum absolute atomic E-state index is 13.9. The Hall–Kier alpha value is -2.75. The molecule has 0 radical (unpaired) electrons. The van der Waals surface area contributed by atoms with E-state index in [1.54, 1.807) is 6.07 Å². The van der Waals surface area contributed by atoms with E-state index in [4.69, 9.17) is 0 Å². The zero-order chi connectivity index (χ0) is 22.6. The van der Waals surface area contributed by atoms with Crippen molar-refractivity contribution in [1.82, 2.24) is 14.3 Å². The van der Waals surface area contributed by atoms with Crippen molar-refractivity contribution in [3.05, 3.63) is 86.3 Å². The van der Waals surface area contributed by atoms with E-state index in [1.807, 2.05) is 0 Å². The summed E-state index contributed by atoms with van der Waals surface area (Å²) in [6.45, 7) is -0.378. The zero-order valence-electron chi connectivity index (χ0n) is 16.2. The molecule has 0 atom stereocenters. The van der Waals surface area contributed by atoms with Crippen LogP contribution in [-0.2, 0) is 30.5 Å². The number of halogens is 5. The highest BCUT2D eigenvalue weighted by Gasteiger charge is 2.32. The molecular formula is C21H18BrF4N3O2. The van der Waals surface area contributed by atoms with Crippen LogP contribution >= 0.6 is 15.9 Å². The number of nitrogens with zero attached hydrogens (tertiary/aromatic N) is 3. The van der Waals surface area contributed by atoms with Gasteiger partial charge in [0.25, 0.3) is 0 Å². The quantitative estimate of drug-likeness (QED) is 0.425. The lowest BCUT2D eigenvalue weighted by atomic mass is 10.0. The number of Topliss-reactive ketones (excluding diaryl/α,β-unsaturated/α-hetero) is 1. The average molecular weight is 500 g/mol. The van der Waals surface area contributed by atoms with Gasteiger partial charge in [0, 0.05) is 12.0 Å². The summed E-state index contributed by atoms with van der Waals surface area (Å²) in [7, 11) is 0. The number of ketones is 1. The topological polar surface area (TPSA) is 56.9 Å². The second-order valence-corrected chi connectivity index (χ2v) is 7.64. The van der Waals surface area contributed by atoms with E-state index >= 15 is 0 Å². The van der Waals surface area contributed by atoms with E-state index in [1.165, 1.54) is 41.0 Å². The fourth-order valence-electron chi connectivity index (χ4n) is 3.18. The third-order valence-electron chi connectivity index (χ3n) is 4.71. The van der Waals surface area contributed by atoms with Gasteiger partial charge in [0.15, 0.2) is 5.78 Å². The molecule has 0 spiro atoms. The molecule has 0 saturated heterocycles. The summed E-state index contributed by atoms with van der Waals surface area (Å²) in [6, 6.07) is 11.2. The van der Waals surface area contributed by atoms with Crippen LogP contribution in [0.4, 0.5) is 17.6 Å². The van der Waals surface area contributed by atoms with E-state index in [0.29, 0.717) is 5.56 Å². The maximum Gasteiger partial charge on any atom is 0.416 e. The maximum atomic E-state index is 13.9. The molecule has 0 unspecified atom stereocenters. The SMILES string of the molecule is O=C(CCCc1ccccc1C(F)(F)F)Cn1nc(Br)n(Cc2ccccc2F)c1=O. The van der Waals surface area contributed by atoms with Crippen LogP contribution in [0, 0.1) is 5.82 Å². The van der Waals surface area contributed by atoms with E-state index in [2.05, 4.69) is 21.0 Å². The van der Waals surface area contributed by atoms with Gasteiger partial charge in [0.1, 0.15) is 12.4 Å². The molecule has 2 aromatic carbocycles. The van der Waals surface area contributed by atoms with Gasteiger partial charge in [0.2, 0.25) is 4.73 Å². The monoisotopic (exact) mass is 499 g/mol. The van der Waals surface area contributed by atoms with Crippen molar-refractivity contribution in [3.63, 3.8) is 0 Å². The van der Waals surface area contributed by atoms with Gasteiger partial charge >= 0.3 is 11.9 Å². The Morgan fingerprint density at radius 1 is 1.03 bits per heavy atom. The number of hydrogen-bond acceptors (Lipinski definition) is 3. The Morgan fingerprint density at radius 2 is 1.68 bits per heavy atom. The van der Waals surface area contributed by atoms with Gasteiger partial charge in [-0.25, -0.2) is 13.9 Å². The first kappa shape index (κ1) is 22.9. The van der Waals surface area contributed by atoms with E-state index < -0.39 is 23.2 Å². The second kappa shape index (κ2) is 9.59. The number of aryl methyl sites for hydroxylation is 1. The molecule has 0 aliphatic carbocycles. The summed E-state index contributed by atoms with van der Waals surface area (Å²) in [5.41, 5.74) is -0.892. The smallest absolute Gasteiger partial charge is 0.298 e. The van der Waals surface area contributed by atoms with E-state index in [-0.39, 0.29) is 48.4 Å². The van der Waals surface area contributed by atoms with Crippen molar-refractivity contribution in [2.24, 2.45) is 0 Å². The summed E-state index contributed by atoms with van der Waals surface area (Å²) in [5.74, 6) is -0.807. The summed E-state index contributed by atoms with van der Waals surface area (Å²) >= 11 is 3.14. The molecule has 0 bridgehead atoms. The largest absolute Gasteiger partial charge is 0.416 e. The fourth-order valence-corrected chi connectivity index (χ4v) is 3.65. The molecule has 0 aliphatic heterocycles. The van der Waals surface area contributed by atoms with Gasteiger partial charge in [-0.15, -0.1) is 5.10 Å². The van der Waals surface area contributed by atoms with Crippen molar-refractivity contribution < 1.29 is 22.4 Å². The Labute approximate surface area is 183 Å². The molecule has 1 heterocycles. The van der Waals surface area contributed by atoms with Crippen LogP contribution in [0.2, 0.25) is 0 Å². The van der Waals surface area contributed by atoms with Gasteiger partial charge in [-0.1, -0.05) is 36.4 Å². The van der Waals surface area contributed by atoms with Crippen molar-refractivity contribution in [2.75, 3.05) is 0 Å². The first-order valence-electron chi connectivity index (χ1n) is 9.40. The Kier molecular flexibility index (Phi) is 7.09. The predicted molar refractivity (Wildman–Crippen MR) is 109 cm³/mol. The summed E-state index contributed by atoms with van der Waals surface area (Å²) in [4.78, 5) is 24.8. The van der Waals surface area contributed by atoms with E-state index in [9.17, 15) is 27.2 Å². The summed E-state index contributed by atoms with van der Waals surface area (Å²) in [5, 5.41) is 3.98. The minimum Gasteiger partial charge on any atom is -0.298 e. The molecule has 0 N–H and O–H groups in total. The Balaban J connectivity index is 1.62. The number of hydrogen-bond donors (Lipinski definition) is 0. The highest BCUT2D eigenvalue weighted by molar-refractivity contribution is 9.10. The van der Waals surface area contributed by atoms with Crippen LogP contribution in [0.1, 0.15) is 29.5 Å². The highest BCUT2D eigenvalue weighted by atomic mass is 79.9. The van der Waals surface area contributed by atoms with Gasteiger partial charge in [0.05, 0.1) is 12.1 Å².